The molecule has 1 aliphatic rings. The summed E-state index contributed by atoms with van der Waals surface area (Å²) in [4.78, 5) is 0. The van der Waals surface area contributed by atoms with E-state index in [1.165, 1.54) is 0 Å². The van der Waals surface area contributed by atoms with Crippen LogP contribution < -0.4 is 5.32 Å². The highest BCUT2D eigenvalue weighted by molar-refractivity contribution is 4.65. The summed E-state index contributed by atoms with van der Waals surface area (Å²) >= 11 is 0. The van der Waals surface area contributed by atoms with Gasteiger partial charge in [-0.1, -0.05) is 0 Å². The van der Waals surface area contributed by atoms with Gasteiger partial charge in [0.15, 0.2) is 0 Å². The minimum Gasteiger partial charge on any atom is -0.395 e. The van der Waals surface area contributed by atoms with Crippen LogP contribution in [0, 0.1) is 0 Å². The summed E-state index contributed by atoms with van der Waals surface area (Å²) < 4.78 is 4.88. The van der Waals surface area contributed by atoms with Crippen molar-refractivity contribution >= 4 is 0 Å². The average molecular weight is 103 g/mol. The lowest BCUT2D eigenvalue weighted by atomic mass is 10.4. The molecule has 0 spiro atoms. The zero-order chi connectivity index (χ0) is 5.11. The number of rotatable bonds is 1. The summed E-state index contributed by atoms with van der Waals surface area (Å²) in [7, 11) is 0. The number of aliphatic hydroxyl groups is 1. The van der Waals surface area contributed by atoms with Crippen LogP contribution in [0.4, 0.5) is 0 Å². The van der Waals surface area contributed by atoms with E-state index in [0.29, 0.717) is 13.3 Å². The second kappa shape index (κ2) is 2.26. The third-order valence-electron chi connectivity index (χ3n) is 1.01. The Morgan fingerprint density at radius 2 is 2.71 bits per heavy atom. The van der Waals surface area contributed by atoms with Crippen LogP contribution in [0.5, 0.6) is 0 Å². The molecule has 1 rings (SSSR count). The van der Waals surface area contributed by atoms with Crippen molar-refractivity contribution in [3.63, 3.8) is 0 Å². The fourth-order valence-corrected chi connectivity index (χ4v) is 0.554. The van der Waals surface area contributed by atoms with Gasteiger partial charge in [0, 0.05) is 0 Å². The van der Waals surface area contributed by atoms with E-state index in [9.17, 15) is 0 Å². The molecule has 7 heavy (non-hydrogen) atoms. The first-order chi connectivity index (χ1) is 3.43. The molecule has 0 bridgehead atoms. The highest BCUT2D eigenvalue weighted by Crippen LogP contribution is 1.90. The Labute approximate surface area is 42.3 Å². The third-order valence-corrected chi connectivity index (χ3v) is 1.01. The first-order valence-electron chi connectivity index (χ1n) is 2.35. The maximum absolute atomic E-state index is 8.42. The molecule has 0 unspecified atom stereocenters. The zero-order valence-corrected chi connectivity index (χ0v) is 4.05. The smallest absolute Gasteiger partial charge is 0.0969 e. The Balaban J connectivity index is 2.14. The van der Waals surface area contributed by atoms with E-state index >= 15 is 0 Å². The Morgan fingerprint density at radius 3 is 3.00 bits per heavy atom. The van der Waals surface area contributed by atoms with Crippen LogP contribution in [0.2, 0.25) is 0 Å². The molecule has 1 fully saturated rings. The summed E-state index contributed by atoms with van der Waals surface area (Å²) in [5.74, 6) is 0. The Morgan fingerprint density at radius 1 is 1.86 bits per heavy atom. The number of hydrogen-bond acceptors (Lipinski definition) is 3. The SMILES string of the molecule is OC[C@@H]1COCN1. The normalized spacial score (nSPS) is 31.3. The quantitative estimate of drug-likeness (QED) is 0.444. The van der Waals surface area contributed by atoms with Crippen molar-refractivity contribution in [3.8, 4) is 0 Å². The van der Waals surface area contributed by atoms with Gasteiger partial charge in [-0.25, -0.2) is 0 Å². The summed E-state index contributed by atoms with van der Waals surface area (Å²) in [5, 5.41) is 11.4. The Hall–Kier alpha value is -0.120. The summed E-state index contributed by atoms with van der Waals surface area (Å²) in [5.41, 5.74) is 0. The molecule has 1 heterocycles. The van der Waals surface area contributed by atoms with E-state index in [1.807, 2.05) is 0 Å². The molecular formula is C4H9NO2. The van der Waals surface area contributed by atoms with Gasteiger partial charge in [-0.3, -0.25) is 5.32 Å². The predicted molar refractivity (Wildman–Crippen MR) is 24.8 cm³/mol. The Kier molecular flexibility index (Phi) is 1.62. The van der Waals surface area contributed by atoms with Gasteiger partial charge in [0.05, 0.1) is 26.0 Å². The standard InChI is InChI=1S/C4H9NO2/c6-1-4-2-7-3-5-4/h4-6H,1-3H2/t4-/m1/s1. The van der Waals surface area contributed by atoms with E-state index in [-0.39, 0.29) is 12.6 Å². The fourth-order valence-electron chi connectivity index (χ4n) is 0.554. The molecule has 0 amide bonds. The lowest BCUT2D eigenvalue weighted by Crippen LogP contribution is -2.27. The summed E-state index contributed by atoms with van der Waals surface area (Å²) in [6, 6.07) is 0.181. The van der Waals surface area contributed by atoms with Crippen molar-refractivity contribution in [2.75, 3.05) is 19.9 Å². The van der Waals surface area contributed by atoms with Crippen molar-refractivity contribution < 1.29 is 9.84 Å². The number of hydrogen-bond donors (Lipinski definition) is 2. The monoisotopic (exact) mass is 103 g/mol. The molecule has 2 N–H and O–H groups in total. The molecule has 42 valence electrons. The summed E-state index contributed by atoms with van der Waals surface area (Å²) in [6.45, 7) is 1.42. The maximum atomic E-state index is 8.42. The largest absolute Gasteiger partial charge is 0.395 e. The zero-order valence-electron chi connectivity index (χ0n) is 4.05. The number of nitrogens with one attached hydrogen (secondary N) is 1. The molecule has 0 aromatic heterocycles. The fraction of sp³-hybridized carbons (Fsp3) is 1.00. The van der Waals surface area contributed by atoms with Crippen LogP contribution in [0.3, 0.4) is 0 Å². The molecule has 0 aromatic carbocycles. The maximum Gasteiger partial charge on any atom is 0.0969 e. The highest BCUT2D eigenvalue weighted by atomic mass is 16.5. The molecule has 0 aromatic rings. The van der Waals surface area contributed by atoms with Gasteiger partial charge < -0.3 is 9.84 Å². The minimum absolute atomic E-state index is 0.181. The molecule has 0 saturated carbocycles. The van der Waals surface area contributed by atoms with Crippen LogP contribution in [-0.4, -0.2) is 31.1 Å². The van der Waals surface area contributed by atoms with Crippen LogP contribution in [-0.2, 0) is 4.74 Å². The molecular weight excluding hydrogens is 94.0 g/mol. The first-order valence-corrected chi connectivity index (χ1v) is 2.35. The van der Waals surface area contributed by atoms with E-state index in [1.54, 1.807) is 0 Å². The van der Waals surface area contributed by atoms with Gasteiger partial charge in [-0.15, -0.1) is 0 Å². The van der Waals surface area contributed by atoms with Crippen LogP contribution in [0.15, 0.2) is 0 Å². The third kappa shape index (κ3) is 1.12. The van der Waals surface area contributed by atoms with Crippen molar-refractivity contribution in [2.45, 2.75) is 6.04 Å². The van der Waals surface area contributed by atoms with Crippen LogP contribution >= 0.6 is 0 Å². The van der Waals surface area contributed by atoms with Crippen molar-refractivity contribution in [1.29, 1.82) is 0 Å². The van der Waals surface area contributed by atoms with Crippen molar-refractivity contribution in [2.24, 2.45) is 0 Å². The van der Waals surface area contributed by atoms with Crippen LogP contribution in [0.25, 0.3) is 0 Å². The molecule has 0 radical (unpaired) electrons. The lowest BCUT2D eigenvalue weighted by Gasteiger charge is -1.98. The highest BCUT2D eigenvalue weighted by Gasteiger charge is 2.11. The molecule has 3 heteroatoms. The number of ether oxygens (including phenoxy) is 1. The second-order valence-electron chi connectivity index (χ2n) is 1.60. The number of aliphatic hydroxyl groups excluding tert-OH is 1. The van der Waals surface area contributed by atoms with Crippen LogP contribution in [0.1, 0.15) is 0 Å². The summed E-state index contributed by atoms with van der Waals surface area (Å²) in [6.07, 6.45) is 0. The predicted octanol–water partition coefficient (Wildman–Crippen LogP) is -1.08. The van der Waals surface area contributed by atoms with E-state index in [0.717, 1.165) is 0 Å². The first kappa shape index (κ1) is 5.03. The molecule has 1 atom stereocenters. The second-order valence-corrected chi connectivity index (χ2v) is 1.60. The average Bonchev–Trinajstić information content (AvgIpc) is 2.14. The van der Waals surface area contributed by atoms with Gasteiger partial charge in [-0.05, 0) is 0 Å². The van der Waals surface area contributed by atoms with Crippen molar-refractivity contribution in [3.05, 3.63) is 0 Å². The van der Waals surface area contributed by atoms with Crippen molar-refractivity contribution in [1.82, 2.24) is 5.32 Å². The molecule has 1 aliphatic heterocycles. The van der Waals surface area contributed by atoms with E-state index < -0.39 is 0 Å². The van der Waals surface area contributed by atoms with E-state index in [4.69, 9.17) is 9.84 Å². The molecule has 0 aliphatic carbocycles. The molecule has 1 saturated heterocycles. The van der Waals surface area contributed by atoms with Gasteiger partial charge in [0.1, 0.15) is 0 Å². The Bertz CT molecular complexity index is 51.7. The van der Waals surface area contributed by atoms with E-state index in [2.05, 4.69) is 5.32 Å². The molecule has 3 nitrogen and oxygen atoms in total. The van der Waals surface area contributed by atoms with Gasteiger partial charge in [0.2, 0.25) is 0 Å². The van der Waals surface area contributed by atoms with Gasteiger partial charge in [-0.2, -0.15) is 0 Å². The minimum atomic E-state index is 0.181. The lowest BCUT2D eigenvalue weighted by molar-refractivity contribution is 0.178. The topological polar surface area (TPSA) is 41.5 Å². The van der Waals surface area contributed by atoms with Gasteiger partial charge >= 0.3 is 0 Å². The van der Waals surface area contributed by atoms with Gasteiger partial charge in [0.25, 0.3) is 0 Å².